The first-order valence-electron chi connectivity index (χ1n) is 5.21. The van der Waals surface area contributed by atoms with E-state index in [1.165, 1.54) is 19.3 Å². The highest BCUT2D eigenvalue weighted by atomic mass is 15.2. The van der Waals surface area contributed by atoms with E-state index in [0.29, 0.717) is 5.54 Å². The minimum Gasteiger partial charge on any atom is -0.293 e. The maximum absolute atomic E-state index is 2.66. The highest BCUT2D eigenvalue weighted by molar-refractivity contribution is 4.88. The van der Waals surface area contributed by atoms with Gasteiger partial charge >= 0.3 is 0 Å². The SMILES string of the molecule is CC1CCCC(C)N1C(C)(C)C. The smallest absolute Gasteiger partial charge is 0.0130 e. The summed E-state index contributed by atoms with van der Waals surface area (Å²) in [7, 11) is 0. The van der Waals surface area contributed by atoms with Gasteiger partial charge in [0.15, 0.2) is 0 Å². The average Bonchev–Trinajstić information content (AvgIpc) is 1.82. The van der Waals surface area contributed by atoms with Crippen LogP contribution in [0.25, 0.3) is 0 Å². The van der Waals surface area contributed by atoms with Gasteiger partial charge in [-0.2, -0.15) is 0 Å². The standard InChI is InChI=1S/C11H23N/c1-9-7-6-8-10(2)12(9)11(3,4)5/h9-10H,6-8H2,1-5H3. The van der Waals surface area contributed by atoms with E-state index in [4.69, 9.17) is 0 Å². The summed E-state index contributed by atoms with van der Waals surface area (Å²) < 4.78 is 0. The third-order valence-corrected chi connectivity index (χ3v) is 2.97. The van der Waals surface area contributed by atoms with Crippen molar-refractivity contribution >= 4 is 0 Å². The monoisotopic (exact) mass is 169 g/mol. The first-order valence-corrected chi connectivity index (χ1v) is 5.21. The van der Waals surface area contributed by atoms with Gasteiger partial charge in [-0.25, -0.2) is 0 Å². The zero-order valence-corrected chi connectivity index (χ0v) is 9.22. The van der Waals surface area contributed by atoms with E-state index < -0.39 is 0 Å². The Labute approximate surface area is 77.1 Å². The fourth-order valence-electron chi connectivity index (χ4n) is 2.74. The molecule has 1 rings (SSSR count). The Morgan fingerprint density at radius 2 is 1.42 bits per heavy atom. The molecular formula is C11H23N. The maximum Gasteiger partial charge on any atom is 0.0130 e. The molecular weight excluding hydrogens is 146 g/mol. The third-order valence-electron chi connectivity index (χ3n) is 2.97. The zero-order chi connectivity index (χ0) is 9.35. The van der Waals surface area contributed by atoms with Gasteiger partial charge in [-0.15, -0.1) is 0 Å². The van der Waals surface area contributed by atoms with Crippen LogP contribution in [0.4, 0.5) is 0 Å². The van der Waals surface area contributed by atoms with Gasteiger partial charge < -0.3 is 0 Å². The summed E-state index contributed by atoms with van der Waals surface area (Å²) in [6.45, 7) is 11.7. The van der Waals surface area contributed by atoms with Crippen LogP contribution < -0.4 is 0 Å². The molecule has 1 fully saturated rings. The second kappa shape index (κ2) is 3.37. The molecule has 1 saturated heterocycles. The number of hydrogen-bond acceptors (Lipinski definition) is 1. The van der Waals surface area contributed by atoms with Crippen LogP contribution in [0.2, 0.25) is 0 Å². The van der Waals surface area contributed by atoms with Crippen LogP contribution in [0.1, 0.15) is 53.9 Å². The van der Waals surface area contributed by atoms with Gasteiger partial charge in [0.2, 0.25) is 0 Å². The maximum atomic E-state index is 2.66. The molecule has 1 nitrogen and oxygen atoms in total. The Morgan fingerprint density at radius 1 is 1.00 bits per heavy atom. The van der Waals surface area contributed by atoms with Crippen LogP contribution in [0, 0.1) is 0 Å². The lowest BCUT2D eigenvalue weighted by Crippen LogP contribution is -2.53. The highest BCUT2D eigenvalue weighted by Crippen LogP contribution is 2.29. The first-order chi connectivity index (χ1) is 5.43. The Kier molecular flexibility index (Phi) is 2.82. The van der Waals surface area contributed by atoms with E-state index >= 15 is 0 Å². The summed E-state index contributed by atoms with van der Waals surface area (Å²) in [6.07, 6.45) is 4.16. The molecule has 0 spiro atoms. The molecule has 0 radical (unpaired) electrons. The van der Waals surface area contributed by atoms with Crippen molar-refractivity contribution in [2.75, 3.05) is 0 Å². The van der Waals surface area contributed by atoms with Crippen LogP contribution in [0.3, 0.4) is 0 Å². The molecule has 0 aromatic rings. The number of nitrogens with zero attached hydrogens (tertiary/aromatic N) is 1. The minimum atomic E-state index is 0.346. The number of hydrogen-bond donors (Lipinski definition) is 0. The van der Waals surface area contributed by atoms with E-state index in [-0.39, 0.29) is 0 Å². The molecule has 0 aromatic carbocycles. The van der Waals surface area contributed by atoms with Crippen LogP contribution in [-0.4, -0.2) is 22.5 Å². The van der Waals surface area contributed by atoms with Crippen molar-refractivity contribution < 1.29 is 0 Å². The van der Waals surface area contributed by atoms with Gasteiger partial charge in [0.25, 0.3) is 0 Å². The van der Waals surface area contributed by atoms with Crippen molar-refractivity contribution in [3.05, 3.63) is 0 Å². The molecule has 2 atom stereocenters. The van der Waals surface area contributed by atoms with Crippen molar-refractivity contribution in [1.82, 2.24) is 4.90 Å². The van der Waals surface area contributed by atoms with Crippen LogP contribution >= 0.6 is 0 Å². The molecule has 1 aliphatic heterocycles. The number of rotatable bonds is 0. The van der Waals surface area contributed by atoms with Crippen molar-refractivity contribution in [1.29, 1.82) is 0 Å². The van der Waals surface area contributed by atoms with Crippen molar-refractivity contribution in [2.24, 2.45) is 0 Å². The molecule has 1 aliphatic rings. The van der Waals surface area contributed by atoms with Crippen LogP contribution in [0.5, 0.6) is 0 Å². The highest BCUT2D eigenvalue weighted by Gasteiger charge is 2.32. The average molecular weight is 169 g/mol. The first kappa shape index (κ1) is 10.0. The summed E-state index contributed by atoms with van der Waals surface area (Å²) in [5.41, 5.74) is 0.346. The molecule has 1 heterocycles. The van der Waals surface area contributed by atoms with Gasteiger partial charge in [0, 0.05) is 17.6 Å². The van der Waals surface area contributed by atoms with E-state index in [9.17, 15) is 0 Å². The predicted molar refractivity (Wildman–Crippen MR) is 54.4 cm³/mol. The van der Waals surface area contributed by atoms with E-state index in [0.717, 1.165) is 12.1 Å². The van der Waals surface area contributed by atoms with Crippen LogP contribution in [0.15, 0.2) is 0 Å². The third kappa shape index (κ3) is 2.01. The predicted octanol–water partition coefficient (Wildman–Crippen LogP) is 3.05. The molecule has 0 amide bonds. The minimum absolute atomic E-state index is 0.346. The van der Waals surface area contributed by atoms with Gasteiger partial charge in [-0.1, -0.05) is 6.42 Å². The second-order valence-electron chi connectivity index (χ2n) is 5.21. The molecule has 0 bridgehead atoms. The van der Waals surface area contributed by atoms with Gasteiger partial charge in [0.05, 0.1) is 0 Å². The topological polar surface area (TPSA) is 3.24 Å². The normalized spacial score (nSPS) is 33.8. The van der Waals surface area contributed by atoms with E-state index in [2.05, 4.69) is 39.5 Å². The number of piperidine rings is 1. The molecule has 1 heteroatoms. The van der Waals surface area contributed by atoms with E-state index in [1.54, 1.807) is 0 Å². The molecule has 2 unspecified atom stereocenters. The lowest BCUT2D eigenvalue weighted by atomic mass is 9.91. The van der Waals surface area contributed by atoms with Crippen molar-refractivity contribution in [2.45, 2.75) is 71.5 Å². The summed E-state index contributed by atoms with van der Waals surface area (Å²) in [4.78, 5) is 2.66. The number of likely N-dealkylation sites (tertiary alicyclic amines) is 1. The molecule has 0 aliphatic carbocycles. The summed E-state index contributed by atoms with van der Waals surface area (Å²) in [5.74, 6) is 0. The van der Waals surface area contributed by atoms with Gasteiger partial charge in [0.1, 0.15) is 0 Å². The molecule has 0 aromatic heterocycles. The fourth-order valence-corrected chi connectivity index (χ4v) is 2.74. The summed E-state index contributed by atoms with van der Waals surface area (Å²) in [5, 5.41) is 0. The van der Waals surface area contributed by atoms with Gasteiger partial charge in [-0.05, 0) is 47.5 Å². The summed E-state index contributed by atoms with van der Waals surface area (Å²) >= 11 is 0. The van der Waals surface area contributed by atoms with Crippen molar-refractivity contribution in [3.63, 3.8) is 0 Å². The van der Waals surface area contributed by atoms with E-state index in [1.807, 2.05) is 0 Å². The lowest BCUT2D eigenvalue weighted by molar-refractivity contribution is 0.0163. The Hall–Kier alpha value is -0.0400. The quantitative estimate of drug-likeness (QED) is 0.539. The fraction of sp³-hybridized carbons (Fsp3) is 1.00. The molecule has 72 valence electrons. The molecule has 0 saturated carbocycles. The zero-order valence-electron chi connectivity index (χ0n) is 9.22. The second-order valence-corrected chi connectivity index (χ2v) is 5.21. The summed E-state index contributed by atoms with van der Waals surface area (Å²) in [6, 6.07) is 1.54. The van der Waals surface area contributed by atoms with Crippen LogP contribution in [-0.2, 0) is 0 Å². The Morgan fingerprint density at radius 3 is 1.67 bits per heavy atom. The Bertz CT molecular complexity index is 136. The molecule has 0 N–H and O–H groups in total. The van der Waals surface area contributed by atoms with Gasteiger partial charge in [-0.3, -0.25) is 4.90 Å². The lowest BCUT2D eigenvalue weighted by Gasteiger charge is -2.47. The van der Waals surface area contributed by atoms with Crippen molar-refractivity contribution in [3.8, 4) is 0 Å². The molecule has 12 heavy (non-hydrogen) atoms. The largest absolute Gasteiger partial charge is 0.293 e. The Balaban J connectivity index is 2.69.